The number of urea groups is 1. The molecule has 3 amide bonds. The highest BCUT2D eigenvalue weighted by Gasteiger charge is 2.23. The van der Waals surface area contributed by atoms with Crippen molar-refractivity contribution in [2.45, 2.75) is 19.9 Å². The summed E-state index contributed by atoms with van der Waals surface area (Å²) in [4.78, 5) is 25.6. The van der Waals surface area contributed by atoms with E-state index in [0.29, 0.717) is 25.3 Å². The summed E-state index contributed by atoms with van der Waals surface area (Å²) in [6.45, 7) is 3.41. The Morgan fingerprint density at radius 2 is 2.00 bits per heavy atom. The van der Waals surface area contributed by atoms with E-state index in [2.05, 4.69) is 10.6 Å². The van der Waals surface area contributed by atoms with Crippen LogP contribution in [0.5, 0.6) is 0 Å². The van der Waals surface area contributed by atoms with Crippen LogP contribution >= 0.6 is 0 Å². The van der Waals surface area contributed by atoms with Crippen molar-refractivity contribution in [3.05, 3.63) is 65.0 Å². The van der Waals surface area contributed by atoms with Gasteiger partial charge in [0.25, 0.3) is 5.91 Å². The maximum absolute atomic E-state index is 14.1. The fourth-order valence-corrected chi connectivity index (χ4v) is 2.92. The van der Waals surface area contributed by atoms with Gasteiger partial charge in [-0.15, -0.1) is 0 Å². The Morgan fingerprint density at radius 3 is 2.68 bits per heavy atom. The minimum Gasteiger partial charge on any atom is -0.348 e. The predicted molar refractivity (Wildman–Crippen MR) is 94.1 cm³/mol. The molecule has 0 aromatic heterocycles. The van der Waals surface area contributed by atoms with E-state index in [1.165, 1.54) is 23.1 Å². The topological polar surface area (TPSA) is 61.4 Å². The molecule has 2 N–H and O–H groups in total. The van der Waals surface area contributed by atoms with Crippen molar-refractivity contribution in [1.82, 2.24) is 10.6 Å². The Bertz CT molecular complexity index is 807. The maximum Gasteiger partial charge on any atom is 0.321 e. The van der Waals surface area contributed by atoms with Crippen molar-refractivity contribution in [2.75, 3.05) is 18.0 Å². The van der Waals surface area contributed by atoms with E-state index in [0.717, 1.165) is 17.5 Å². The second-order valence-electron chi connectivity index (χ2n) is 5.85. The quantitative estimate of drug-likeness (QED) is 0.878. The zero-order valence-electron chi connectivity index (χ0n) is 14.0. The molecule has 5 nitrogen and oxygen atoms in total. The van der Waals surface area contributed by atoms with Gasteiger partial charge in [-0.1, -0.05) is 31.2 Å². The molecule has 130 valence electrons. The zero-order valence-corrected chi connectivity index (χ0v) is 14.0. The largest absolute Gasteiger partial charge is 0.348 e. The number of hydrogen-bond donors (Lipinski definition) is 2. The molecule has 6 heteroatoms. The lowest BCUT2D eigenvalue weighted by molar-refractivity contribution is 0.0946. The summed E-state index contributed by atoms with van der Waals surface area (Å²) in [5.41, 5.74) is 2.60. The third-order valence-corrected chi connectivity index (χ3v) is 4.30. The first-order valence-electron chi connectivity index (χ1n) is 8.30. The number of halogens is 1. The average molecular weight is 341 g/mol. The minimum atomic E-state index is -0.607. The van der Waals surface area contributed by atoms with Crippen molar-refractivity contribution in [1.29, 1.82) is 0 Å². The number of nitrogens with zero attached hydrogens (tertiary/aromatic N) is 1. The highest BCUT2D eigenvalue weighted by Crippen LogP contribution is 2.21. The number of rotatable bonds is 5. The molecule has 1 saturated heterocycles. The number of carbonyl (C=O) groups excluding carboxylic acids is 2. The summed E-state index contributed by atoms with van der Waals surface area (Å²) in [7, 11) is 0. The van der Waals surface area contributed by atoms with E-state index in [1.54, 1.807) is 0 Å². The molecule has 2 aromatic rings. The van der Waals surface area contributed by atoms with Gasteiger partial charge in [0.15, 0.2) is 0 Å². The van der Waals surface area contributed by atoms with Crippen LogP contribution in [0.3, 0.4) is 0 Å². The van der Waals surface area contributed by atoms with Crippen LogP contribution in [0.2, 0.25) is 0 Å². The van der Waals surface area contributed by atoms with Crippen LogP contribution in [0.15, 0.2) is 42.5 Å². The average Bonchev–Trinajstić information content (AvgIpc) is 3.06. The van der Waals surface area contributed by atoms with Gasteiger partial charge in [0.2, 0.25) is 0 Å². The number of carbonyl (C=O) groups is 2. The summed E-state index contributed by atoms with van der Waals surface area (Å²) in [6, 6.07) is 11.7. The third-order valence-electron chi connectivity index (χ3n) is 4.30. The van der Waals surface area contributed by atoms with Crippen molar-refractivity contribution < 1.29 is 14.0 Å². The first kappa shape index (κ1) is 17.0. The Labute approximate surface area is 145 Å². The summed E-state index contributed by atoms with van der Waals surface area (Å²) in [5, 5.41) is 5.45. The third kappa shape index (κ3) is 3.63. The first-order chi connectivity index (χ1) is 12.1. The van der Waals surface area contributed by atoms with E-state index in [1.807, 2.05) is 31.2 Å². The molecule has 0 spiro atoms. The molecule has 0 unspecified atom stereocenters. The lowest BCUT2D eigenvalue weighted by Gasteiger charge is -2.16. The van der Waals surface area contributed by atoms with Crippen molar-refractivity contribution in [2.24, 2.45) is 0 Å². The molecule has 25 heavy (non-hydrogen) atoms. The Balaban J connectivity index is 1.76. The van der Waals surface area contributed by atoms with Crippen LogP contribution < -0.4 is 15.5 Å². The number of nitrogens with one attached hydrogen (secondary N) is 2. The smallest absolute Gasteiger partial charge is 0.321 e. The van der Waals surface area contributed by atoms with E-state index < -0.39 is 11.7 Å². The fraction of sp³-hybridized carbons (Fsp3) is 0.263. The SMILES string of the molecule is CCc1ccccc1CNC(=O)c1cc(N2CCNC2=O)ccc1F. The second kappa shape index (κ2) is 7.34. The van der Waals surface area contributed by atoms with E-state index in [-0.39, 0.29) is 11.6 Å². The molecule has 1 aliphatic heterocycles. The number of hydrogen-bond acceptors (Lipinski definition) is 2. The van der Waals surface area contributed by atoms with Gasteiger partial charge >= 0.3 is 6.03 Å². The minimum absolute atomic E-state index is 0.0637. The van der Waals surface area contributed by atoms with Crippen LogP contribution in [0.25, 0.3) is 0 Å². The Kier molecular flexibility index (Phi) is 4.97. The van der Waals surface area contributed by atoms with Gasteiger partial charge in [-0.3, -0.25) is 9.69 Å². The number of anilines is 1. The van der Waals surface area contributed by atoms with Crippen molar-refractivity contribution >= 4 is 17.6 Å². The lowest BCUT2D eigenvalue weighted by atomic mass is 10.1. The standard InChI is InChI=1S/C19H20FN3O2/c1-2-13-5-3-4-6-14(13)12-22-18(24)16-11-15(7-8-17(16)20)23-10-9-21-19(23)25/h3-8,11H,2,9-10,12H2,1H3,(H,21,25)(H,22,24). The van der Waals surface area contributed by atoms with Crippen LogP contribution in [0, 0.1) is 5.82 Å². The molecule has 2 aromatic carbocycles. The molecule has 1 fully saturated rings. The predicted octanol–water partition coefficient (Wildman–Crippen LogP) is 2.85. The van der Waals surface area contributed by atoms with Crippen LogP contribution in [-0.2, 0) is 13.0 Å². The van der Waals surface area contributed by atoms with Gasteiger partial charge in [-0.2, -0.15) is 0 Å². The number of benzene rings is 2. The first-order valence-corrected chi connectivity index (χ1v) is 8.30. The molecule has 0 aliphatic carbocycles. The fourth-order valence-electron chi connectivity index (χ4n) is 2.92. The molecule has 3 rings (SSSR count). The normalized spacial score (nSPS) is 13.7. The number of amides is 3. The highest BCUT2D eigenvalue weighted by molar-refractivity contribution is 5.98. The highest BCUT2D eigenvalue weighted by atomic mass is 19.1. The summed E-state index contributed by atoms with van der Waals surface area (Å²) in [6.07, 6.45) is 0.861. The Hall–Kier alpha value is -2.89. The monoisotopic (exact) mass is 341 g/mol. The van der Waals surface area contributed by atoms with Gasteiger partial charge in [0.1, 0.15) is 5.82 Å². The van der Waals surface area contributed by atoms with Crippen LogP contribution in [-0.4, -0.2) is 25.0 Å². The van der Waals surface area contributed by atoms with Gasteiger partial charge in [0.05, 0.1) is 5.56 Å². The molecule has 0 atom stereocenters. The second-order valence-corrected chi connectivity index (χ2v) is 5.85. The van der Waals surface area contributed by atoms with Gasteiger partial charge in [0, 0.05) is 25.3 Å². The maximum atomic E-state index is 14.1. The van der Waals surface area contributed by atoms with Crippen molar-refractivity contribution in [3.63, 3.8) is 0 Å². The lowest BCUT2D eigenvalue weighted by Crippen LogP contribution is -2.29. The van der Waals surface area contributed by atoms with Gasteiger partial charge in [-0.05, 0) is 35.7 Å². The zero-order chi connectivity index (χ0) is 17.8. The molecule has 1 aliphatic rings. The van der Waals surface area contributed by atoms with E-state index in [9.17, 15) is 14.0 Å². The molecule has 0 saturated carbocycles. The van der Waals surface area contributed by atoms with Crippen molar-refractivity contribution in [3.8, 4) is 0 Å². The van der Waals surface area contributed by atoms with Crippen LogP contribution in [0.4, 0.5) is 14.9 Å². The van der Waals surface area contributed by atoms with Crippen LogP contribution in [0.1, 0.15) is 28.4 Å². The van der Waals surface area contributed by atoms with E-state index >= 15 is 0 Å². The molecule has 1 heterocycles. The summed E-state index contributed by atoms with van der Waals surface area (Å²) < 4.78 is 14.1. The molecule has 0 radical (unpaired) electrons. The van der Waals surface area contributed by atoms with Gasteiger partial charge in [-0.25, -0.2) is 9.18 Å². The molecular formula is C19H20FN3O2. The molecule has 0 bridgehead atoms. The summed E-state index contributed by atoms with van der Waals surface area (Å²) >= 11 is 0. The number of aryl methyl sites for hydroxylation is 1. The molecular weight excluding hydrogens is 321 g/mol. The van der Waals surface area contributed by atoms with E-state index in [4.69, 9.17) is 0 Å². The summed E-state index contributed by atoms with van der Waals surface area (Å²) in [5.74, 6) is -1.10. The van der Waals surface area contributed by atoms with Gasteiger partial charge < -0.3 is 10.6 Å². The Morgan fingerprint density at radius 1 is 1.24 bits per heavy atom.